The number of hydrogen-bond acceptors (Lipinski definition) is 5. The summed E-state index contributed by atoms with van der Waals surface area (Å²) in [5, 5.41) is 17.7. The quantitative estimate of drug-likeness (QED) is 0.542. The Balaban J connectivity index is 1.87. The zero-order valence-corrected chi connectivity index (χ0v) is 14.4. The monoisotopic (exact) mass is 343 g/mol. The van der Waals surface area contributed by atoms with Crippen LogP contribution in [-0.4, -0.2) is 46.6 Å². The molecule has 6 nitrogen and oxygen atoms in total. The molecule has 1 aromatic rings. The zero-order valence-electron chi connectivity index (χ0n) is 13.5. The first-order valence-corrected chi connectivity index (χ1v) is 8.91. The number of aromatic nitrogens is 2. The van der Waals surface area contributed by atoms with Crippen LogP contribution in [0.25, 0.3) is 33.7 Å². The van der Waals surface area contributed by atoms with Gasteiger partial charge in [-0.05, 0) is 25.3 Å². The van der Waals surface area contributed by atoms with E-state index in [4.69, 9.17) is 5.11 Å². The van der Waals surface area contributed by atoms with E-state index in [2.05, 4.69) is 51.0 Å². The third-order valence-electron chi connectivity index (χ3n) is 4.20. The highest BCUT2D eigenvalue weighted by molar-refractivity contribution is 7.16. The molecule has 0 saturated heterocycles. The molecule has 0 unspecified atom stereocenters. The lowest BCUT2D eigenvalue weighted by Gasteiger charge is -2.20. The van der Waals surface area contributed by atoms with Crippen molar-refractivity contribution in [2.45, 2.75) is 6.54 Å². The number of aliphatic hydroxyl groups excluding tert-OH is 1. The Morgan fingerprint density at radius 2 is 2.21 bits per heavy atom. The first-order chi connectivity index (χ1) is 11.8. The summed E-state index contributed by atoms with van der Waals surface area (Å²) in [6.07, 6.45) is 6.19. The summed E-state index contributed by atoms with van der Waals surface area (Å²) >= 11 is 1.79. The molecule has 0 fully saturated rings. The Hall–Kier alpha value is -2.06. The van der Waals surface area contributed by atoms with Gasteiger partial charge in [0.15, 0.2) is 0 Å². The lowest BCUT2D eigenvalue weighted by molar-refractivity contribution is 0.261. The lowest BCUT2D eigenvalue weighted by Crippen LogP contribution is -2.34. The Labute approximate surface area is 144 Å². The van der Waals surface area contributed by atoms with E-state index < -0.39 is 0 Å². The fraction of sp³-hybridized carbons (Fsp3) is 0.294. The van der Waals surface area contributed by atoms with Crippen LogP contribution in [-0.2, 0) is 6.54 Å². The van der Waals surface area contributed by atoms with Gasteiger partial charge in [-0.15, -0.1) is 11.3 Å². The van der Waals surface area contributed by atoms with Crippen molar-refractivity contribution < 1.29 is 5.11 Å². The Morgan fingerprint density at radius 1 is 1.29 bits per heavy atom. The minimum atomic E-state index is 0.114. The molecule has 126 valence electrons. The largest absolute Gasteiger partial charge is 0.395 e. The fourth-order valence-electron chi connectivity index (χ4n) is 3.09. The van der Waals surface area contributed by atoms with Crippen LogP contribution >= 0.6 is 11.3 Å². The summed E-state index contributed by atoms with van der Waals surface area (Å²) in [5.41, 5.74) is 8.09. The van der Waals surface area contributed by atoms with E-state index in [1.165, 1.54) is 31.6 Å². The van der Waals surface area contributed by atoms with E-state index in [-0.39, 0.29) is 6.61 Å². The van der Waals surface area contributed by atoms with Crippen LogP contribution in [0.3, 0.4) is 0 Å². The zero-order chi connectivity index (χ0) is 16.5. The van der Waals surface area contributed by atoms with Crippen LogP contribution in [0.2, 0.25) is 0 Å². The Morgan fingerprint density at radius 3 is 3.04 bits per heavy atom. The summed E-state index contributed by atoms with van der Waals surface area (Å²) in [6.45, 7) is 2.47. The smallest absolute Gasteiger partial charge is 0.0738 e. The Kier molecular flexibility index (Phi) is 4.15. The molecule has 0 radical (unpaired) electrons. The summed E-state index contributed by atoms with van der Waals surface area (Å²) in [7, 11) is 1.97. The highest BCUT2D eigenvalue weighted by Gasteiger charge is 2.20. The molecule has 0 bridgehead atoms. The molecule has 0 atom stereocenters. The average Bonchev–Trinajstić information content (AvgIpc) is 2.98. The number of benzene rings is 1. The SMILES string of the molecule is CNCCn1[nH]c2c3c(sc4cccc1c4-2)=CN(NCCO)C=C3. The first kappa shape index (κ1) is 15.5. The highest BCUT2D eigenvalue weighted by atomic mass is 32.1. The number of likely N-dealkylation sites (N-methyl/N-ethyl adjacent to an activating group) is 1. The van der Waals surface area contributed by atoms with Crippen molar-refractivity contribution in [2.75, 3.05) is 26.7 Å². The van der Waals surface area contributed by atoms with Gasteiger partial charge in [-0.25, -0.2) is 5.43 Å². The molecule has 0 amide bonds. The van der Waals surface area contributed by atoms with Crippen molar-refractivity contribution in [2.24, 2.45) is 0 Å². The maximum absolute atomic E-state index is 8.98. The van der Waals surface area contributed by atoms with E-state index >= 15 is 0 Å². The number of aliphatic hydroxyl groups is 1. The number of fused-ring (bicyclic) bond motifs is 2. The summed E-state index contributed by atoms with van der Waals surface area (Å²) in [6, 6.07) is 6.46. The van der Waals surface area contributed by atoms with Crippen LogP contribution in [0.1, 0.15) is 5.56 Å². The van der Waals surface area contributed by atoms with Crippen LogP contribution in [0.4, 0.5) is 0 Å². The summed E-state index contributed by atoms with van der Waals surface area (Å²) < 4.78 is 4.69. The molecule has 24 heavy (non-hydrogen) atoms. The molecule has 3 aliphatic rings. The average molecular weight is 343 g/mol. The number of H-pyrrole nitrogens is 1. The third-order valence-corrected chi connectivity index (χ3v) is 5.30. The van der Waals surface area contributed by atoms with Gasteiger partial charge in [-0.3, -0.25) is 14.8 Å². The van der Waals surface area contributed by atoms with Crippen LogP contribution in [0, 0.1) is 0 Å². The second-order valence-corrected chi connectivity index (χ2v) is 6.84. The van der Waals surface area contributed by atoms with Gasteiger partial charge in [0.2, 0.25) is 0 Å². The molecule has 0 aromatic heterocycles. The molecule has 4 N–H and O–H groups in total. The van der Waals surface area contributed by atoms with Crippen molar-refractivity contribution >= 4 is 33.8 Å². The number of nitrogens with zero attached hydrogens (tertiary/aromatic N) is 2. The van der Waals surface area contributed by atoms with Crippen LogP contribution < -0.4 is 15.3 Å². The summed E-state index contributed by atoms with van der Waals surface area (Å²) in [5.74, 6) is 0. The number of nitrogens with one attached hydrogen (secondary N) is 3. The van der Waals surface area contributed by atoms with Crippen molar-refractivity contribution in [3.05, 3.63) is 34.5 Å². The normalized spacial score (nSPS) is 13.7. The van der Waals surface area contributed by atoms with E-state index in [1.54, 1.807) is 11.3 Å². The molecule has 1 aromatic carbocycles. The molecule has 0 spiro atoms. The number of hydrogen-bond donors (Lipinski definition) is 4. The van der Waals surface area contributed by atoms with Gasteiger partial charge >= 0.3 is 0 Å². The maximum Gasteiger partial charge on any atom is 0.0738 e. The van der Waals surface area contributed by atoms with Gasteiger partial charge in [-0.2, -0.15) is 0 Å². The van der Waals surface area contributed by atoms with Gasteiger partial charge in [0.25, 0.3) is 0 Å². The van der Waals surface area contributed by atoms with E-state index in [1.807, 2.05) is 18.3 Å². The van der Waals surface area contributed by atoms with E-state index in [0.29, 0.717) is 6.54 Å². The van der Waals surface area contributed by atoms with Crippen molar-refractivity contribution in [3.63, 3.8) is 0 Å². The second-order valence-electron chi connectivity index (χ2n) is 5.76. The molecule has 0 aliphatic carbocycles. The van der Waals surface area contributed by atoms with E-state index in [9.17, 15) is 0 Å². The van der Waals surface area contributed by atoms with Crippen LogP contribution in [0.5, 0.6) is 0 Å². The molecule has 4 rings (SSSR count). The topological polar surface area (TPSA) is 68.2 Å². The molecular weight excluding hydrogens is 322 g/mol. The van der Waals surface area contributed by atoms with Gasteiger partial charge in [0.1, 0.15) is 0 Å². The van der Waals surface area contributed by atoms with Crippen molar-refractivity contribution in [3.8, 4) is 11.3 Å². The first-order valence-electron chi connectivity index (χ1n) is 8.09. The molecule has 7 heteroatoms. The second kappa shape index (κ2) is 6.45. The van der Waals surface area contributed by atoms with E-state index in [0.717, 1.165) is 13.1 Å². The minimum Gasteiger partial charge on any atom is -0.395 e. The maximum atomic E-state index is 8.98. The molecule has 3 aliphatic heterocycles. The Bertz CT molecular complexity index is 919. The number of hydrazine groups is 1. The molecular formula is C17H21N5OS. The predicted octanol–water partition coefficient (Wildman–Crippen LogP) is 1.16. The summed E-state index contributed by atoms with van der Waals surface area (Å²) in [4.78, 5) is 0. The van der Waals surface area contributed by atoms with Gasteiger partial charge in [-0.1, -0.05) is 6.07 Å². The standard InChI is InChI=1S/C17H21N5OS/c1-18-6-9-22-13-3-2-4-14-16(13)17(20-22)12-5-8-21(19-7-10-23)11-15(12)24-14/h2-5,8,11,18-20,23H,6-7,9-10H2,1H3. The number of aromatic amines is 1. The van der Waals surface area contributed by atoms with Gasteiger partial charge in [0, 0.05) is 41.3 Å². The third kappa shape index (κ3) is 2.55. The molecule has 0 saturated carbocycles. The number of rotatable bonds is 6. The fourth-order valence-corrected chi connectivity index (χ4v) is 4.22. The molecule has 3 heterocycles. The van der Waals surface area contributed by atoms with Crippen molar-refractivity contribution in [1.82, 2.24) is 25.5 Å². The van der Waals surface area contributed by atoms with Gasteiger partial charge < -0.3 is 10.4 Å². The lowest BCUT2D eigenvalue weighted by atomic mass is 10.1. The minimum absolute atomic E-state index is 0.114. The van der Waals surface area contributed by atoms with Crippen molar-refractivity contribution in [1.29, 1.82) is 0 Å². The predicted molar refractivity (Wildman–Crippen MR) is 99.2 cm³/mol. The van der Waals surface area contributed by atoms with Crippen LogP contribution in [0.15, 0.2) is 24.4 Å². The highest BCUT2D eigenvalue weighted by Crippen LogP contribution is 2.36. The van der Waals surface area contributed by atoms with Gasteiger partial charge in [0.05, 0.1) is 28.9 Å².